The van der Waals surface area contributed by atoms with Crippen LogP contribution in [-0.2, 0) is 6.54 Å². The minimum atomic E-state index is -4.49. The number of hydrogen-bond donors (Lipinski definition) is 0. The second-order valence-corrected chi connectivity index (χ2v) is 8.15. The molecular weight excluding hydrogens is 443 g/mol. The van der Waals surface area contributed by atoms with Crippen molar-refractivity contribution in [1.29, 1.82) is 0 Å². The van der Waals surface area contributed by atoms with Crippen LogP contribution < -0.4 is 4.74 Å². The lowest BCUT2D eigenvalue weighted by Gasteiger charge is -2.27. The van der Waals surface area contributed by atoms with Gasteiger partial charge in [0.15, 0.2) is 0 Å². The number of ether oxygens (including phenoxy) is 1. The number of fused-ring (bicyclic) bond motifs is 1. The van der Waals surface area contributed by atoms with Crippen molar-refractivity contribution in [2.24, 2.45) is 0 Å². The molecule has 0 saturated carbocycles. The van der Waals surface area contributed by atoms with E-state index in [0.717, 1.165) is 17.5 Å². The van der Waals surface area contributed by atoms with E-state index in [1.165, 1.54) is 13.2 Å². The molecule has 0 N–H and O–H groups in total. The predicted molar refractivity (Wildman–Crippen MR) is 124 cm³/mol. The molecule has 0 saturated heterocycles. The van der Waals surface area contributed by atoms with E-state index in [1.54, 1.807) is 24.0 Å². The molecule has 9 heteroatoms. The number of aryl methyl sites for hydroxylation is 2. The molecule has 0 aromatic carbocycles. The molecule has 4 heterocycles. The van der Waals surface area contributed by atoms with Crippen molar-refractivity contribution in [2.75, 3.05) is 7.11 Å². The van der Waals surface area contributed by atoms with Crippen LogP contribution in [0.25, 0.3) is 17.1 Å². The first-order chi connectivity index (χ1) is 16.2. The summed E-state index contributed by atoms with van der Waals surface area (Å²) in [4.78, 5) is 8.84. The molecule has 178 valence electrons. The van der Waals surface area contributed by atoms with E-state index < -0.39 is 17.7 Å². The summed E-state index contributed by atoms with van der Waals surface area (Å²) < 4.78 is 50.3. The number of halogens is 3. The molecule has 34 heavy (non-hydrogen) atoms. The first-order valence-electron chi connectivity index (χ1n) is 11.0. The zero-order chi connectivity index (χ0) is 24.5. The molecule has 0 bridgehead atoms. The molecule has 6 nitrogen and oxygen atoms in total. The van der Waals surface area contributed by atoms with E-state index >= 15 is 0 Å². The Morgan fingerprint density at radius 3 is 2.71 bits per heavy atom. The van der Waals surface area contributed by atoms with Gasteiger partial charge >= 0.3 is 6.18 Å². The maximum Gasteiger partial charge on any atom is 0.416 e. The zero-order valence-electron chi connectivity index (χ0n) is 19.3. The fourth-order valence-corrected chi connectivity index (χ4v) is 4.20. The number of allylic oxidation sites excluding steroid dienone is 5. The minimum Gasteiger partial charge on any atom is -0.479 e. The summed E-state index contributed by atoms with van der Waals surface area (Å²) in [6, 6.07) is 5.48. The summed E-state index contributed by atoms with van der Waals surface area (Å²) >= 11 is 0. The van der Waals surface area contributed by atoms with E-state index in [9.17, 15) is 13.2 Å². The van der Waals surface area contributed by atoms with Gasteiger partial charge in [0, 0.05) is 24.4 Å². The summed E-state index contributed by atoms with van der Waals surface area (Å²) in [5, 5.41) is 4.64. The number of aromatic nitrogens is 5. The van der Waals surface area contributed by atoms with Crippen LogP contribution in [0.5, 0.6) is 5.88 Å². The summed E-state index contributed by atoms with van der Waals surface area (Å²) in [6.07, 6.45) is 4.38. The van der Waals surface area contributed by atoms with Crippen molar-refractivity contribution in [1.82, 2.24) is 24.3 Å². The Hall–Kier alpha value is -3.62. The third-order valence-electron chi connectivity index (χ3n) is 5.84. The number of rotatable bonds is 6. The Labute approximate surface area is 196 Å². The van der Waals surface area contributed by atoms with Gasteiger partial charge in [0.2, 0.25) is 5.88 Å². The number of pyridine rings is 1. The lowest BCUT2D eigenvalue weighted by molar-refractivity contribution is -0.0898. The minimum absolute atomic E-state index is 0.0503. The topological polar surface area (TPSA) is 57.8 Å². The maximum atomic E-state index is 13.7. The Balaban J connectivity index is 1.70. The number of hydrogen-bond acceptors (Lipinski definition) is 4. The maximum absolute atomic E-state index is 13.7. The van der Waals surface area contributed by atoms with E-state index in [0.29, 0.717) is 42.3 Å². The average molecular weight is 470 g/mol. The zero-order valence-corrected chi connectivity index (χ0v) is 19.3. The molecule has 3 aromatic heterocycles. The smallest absolute Gasteiger partial charge is 0.416 e. The van der Waals surface area contributed by atoms with Crippen LogP contribution in [0.4, 0.5) is 13.2 Å². The lowest BCUT2D eigenvalue weighted by Crippen LogP contribution is -2.22. The lowest BCUT2D eigenvalue weighted by atomic mass is 9.84. The molecule has 1 unspecified atom stereocenters. The Kier molecular flexibility index (Phi) is 6.45. The van der Waals surface area contributed by atoms with Crippen molar-refractivity contribution in [3.63, 3.8) is 0 Å². The predicted octanol–water partition coefficient (Wildman–Crippen LogP) is 5.95. The molecule has 0 aliphatic carbocycles. The largest absolute Gasteiger partial charge is 0.479 e. The van der Waals surface area contributed by atoms with Gasteiger partial charge in [0.1, 0.15) is 11.4 Å². The third kappa shape index (κ3) is 4.55. The van der Waals surface area contributed by atoms with Gasteiger partial charge in [-0.3, -0.25) is 4.68 Å². The van der Waals surface area contributed by atoms with Crippen LogP contribution in [-0.4, -0.2) is 37.6 Å². The molecular formula is C25H26F3N5O. The van der Waals surface area contributed by atoms with Gasteiger partial charge < -0.3 is 9.30 Å². The number of alkyl halides is 3. The molecule has 0 amide bonds. The fourth-order valence-electron chi connectivity index (χ4n) is 4.20. The van der Waals surface area contributed by atoms with Crippen LogP contribution >= 0.6 is 0 Å². The van der Waals surface area contributed by atoms with Gasteiger partial charge in [0.05, 0.1) is 30.4 Å². The van der Waals surface area contributed by atoms with Crippen molar-refractivity contribution < 1.29 is 17.9 Å². The van der Waals surface area contributed by atoms with E-state index in [-0.39, 0.29) is 5.57 Å². The van der Waals surface area contributed by atoms with E-state index in [4.69, 9.17) is 4.74 Å². The van der Waals surface area contributed by atoms with Gasteiger partial charge in [-0.2, -0.15) is 18.3 Å². The fraction of sp³-hybridized carbons (Fsp3) is 0.320. The summed E-state index contributed by atoms with van der Waals surface area (Å²) in [5.41, 5.74) is 2.78. The molecule has 0 spiro atoms. The van der Waals surface area contributed by atoms with Gasteiger partial charge in [-0.05, 0) is 50.5 Å². The van der Waals surface area contributed by atoms with E-state index in [1.807, 2.05) is 35.9 Å². The highest BCUT2D eigenvalue weighted by atomic mass is 19.4. The standard InChI is InChI=1S/C25H26F3N5O/c1-5-6-9-19(25(26,27)28)17(3)18-8-7-12-33-23(18)13-21(31-33)20-10-11-22(24(30-20)34-4)32-14-16(2)29-15-32/h5-6,9-11,13-15,18H,3,7-8,12H2,1-2,4H3. The monoisotopic (exact) mass is 469 g/mol. The van der Waals surface area contributed by atoms with Crippen LogP contribution in [0.3, 0.4) is 0 Å². The number of methoxy groups -OCH3 is 1. The van der Waals surface area contributed by atoms with Crippen molar-refractivity contribution in [3.8, 4) is 23.0 Å². The summed E-state index contributed by atoms with van der Waals surface area (Å²) in [5.74, 6) is -0.0845. The van der Waals surface area contributed by atoms with Crippen molar-refractivity contribution >= 4 is 0 Å². The molecule has 1 atom stereocenters. The highest BCUT2D eigenvalue weighted by Crippen LogP contribution is 2.42. The Bertz CT molecular complexity index is 1270. The molecule has 3 aromatic rings. The van der Waals surface area contributed by atoms with Crippen LogP contribution in [0, 0.1) is 6.92 Å². The average Bonchev–Trinajstić information content (AvgIpc) is 3.44. The first-order valence-corrected chi connectivity index (χ1v) is 11.0. The van der Waals surface area contributed by atoms with Crippen LogP contribution in [0.15, 0.2) is 66.7 Å². The number of nitrogens with zero attached hydrogens (tertiary/aromatic N) is 5. The van der Waals surface area contributed by atoms with Gasteiger partial charge in [-0.25, -0.2) is 9.97 Å². The first kappa shape index (κ1) is 23.5. The SMILES string of the molecule is C=C(C(=CC=CC)C(F)(F)F)C1CCCn2nc(-c3ccc(-n4cnc(C)c4)c(OC)n3)cc21. The summed E-state index contributed by atoms with van der Waals surface area (Å²) in [7, 11) is 1.54. The second-order valence-electron chi connectivity index (χ2n) is 8.15. The highest BCUT2D eigenvalue weighted by molar-refractivity contribution is 5.60. The van der Waals surface area contributed by atoms with E-state index in [2.05, 4.69) is 21.6 Å². The van der Waals surface area contributed by atoms with Crippen molar-refractivity contribution in [3.05, 3.63) is 78.1 Å². The third-order valence-corrected chi connectivity index (χ3v) is 5.84. The van der Waals surface area contributed by atoms with Crippen molar-refractivity contribution in [2.45, 2.75) is 45.3 Å². The quantitative estimate of drug-likeness (QED) is 0.419. The molecule has 0 radical (unpaired) electrons. The molecule has 4 rings (SSSR count). The number of imidazole rings is 1. The highest BCUT2D eigenvalue weighted by Gasteiger charge is 2.39. The molecule has 1 aliphatic heterocycles. The Morgan fingerprint density at radius 2 is 2.06 bits per heavy atom. The normalized spacial score (nSPS) is 16.6. The van der Waals surface area contributed by atoms with Gasteiger partial charge in [0.25, 0.3) is 0 Å². The van der Waals surface area contributed by atoms with Crippen LogP contribution in [0.2, 0.25) is 0 Å². The van der Waals surface area contributed by atoms with Gasteiger partial charge in [-0.15, -0.1) is 0 Å². The molecule has 0 fully saturated rings. The van der Waals surface area contributed by atoms with Crippen LogP contribution in [0.1, 0.15) is 37.1 Å². The van der Waals surface area contributed by atoms with Gasteiger partial charge in [-0.1, -0.05) is 24.8 Å². The molecule has 1 aliphatic rings. The summed E-state index contributed by atoms with van der Waals surface area (Å²) in [6.45, 7) is 8.04. The Morgan fingerprint density at radius 1 is 1.26 bits per heavy atom. The second kappa shape index (κ2) is 9.32.